The Labute approximate surface area is 584 Å². The molecule has 0 atom stereocenters. The number of hydrogen-bond acceptors (Lipinski definition) is 12. The van der Waals surface area contributed by atoms with Crippen LogP contribution in [-0.4, -0.2) is 42.8 Å². The molecule has 0 saturated carbocycles. The van der Waals surface area contributed by atoms with Crippen molar-refractivity contribution in [3.8, 4) is 46.0 Å². The van der Waals surface area contributed by atoms with Crippen LogP contribution in [0.4, 0.5) is 0 Å². The van der Waals surface area contributed by atoms with Crippen molar-refractivity contribution in [2.45, 2.75) is 88.0 Å². The number of rotatable bonds is 26. The molecule has 0 bridgehead atoms. The van der Waals surface area contributed by atoms with Gasteiger partial charge in [0.25, 0.3) is 0 Å². The molecular formula is C87H90N2O10. The maximum absolute atomic E-state index is 10.8. The lowest BCUT2D eigenvalue weighted by Crippen LogP contribution is -2.23. The summed E-state index contributed by atoms with van der Waals surface area (Å²) in [6, 6.07) is 101. The fraction of sp³-hybridized carbons (Fsp3) is 0.149. The van der Waals surface area contributed by atoms with Crippen molar-refractivity contribution in [3.05, 3.63) is 382 Å². The van der Waals surface area contributed by atoms with E-state index in [2.05, 4.69) is 101 Å². The van der Waals surface area contributed by atoms with Gasteiger partial charge in [-0.05, 0) is 82.9 Å². The molecule has 0 spiro atoms. The molecule has 12 heteroatoms. The van der Waals surface area contributed by atoms with Crippen LogP contribution >= 0.6 is 0 Å². The van der Waals surface area contributed by atoms with E-state index in [1.165, 1.54) is 6.07 Å². The highest BCUT2D eigenvalue weighted by Crippen LogP contribution is 2.31. The average Bonchev–Trinajstić information content (AvgIpc) is 0.949. The van der Waals surface area contributed by atoms with E-state index in [9.17, 15) is 24.9 Å². The summed E-state index contributed by atoms with van der Waals surface area (Å²) in [5, 5.41) is 39.1. The van der Waals surface area contributed by atoms with Gasteiger partial charge in [0.15, 0.2) is 12.6 Å². The Bertz CT molecular complexity index is 3950. The molecule has 0 fully saturated rings. The van der Waals surface area contributed by atoms with E-state index in [0.29, 0.717) is 88.9 Å². The molecule has 0 heterocycles. The summed E-state index contributed by atoms with van der Waals surface area (Å²) in [4.78, 5) is 25.3. The Morgan fingerprint density at radius 1 is 0.232 bits per heavy atom. The van der Waals surface area contributed by atoms with Gasteiger partial charge in [-0.25, -0.2) is 0 Å². The van der Waals surface area contributed by atoms with Gasteiger partial charge in [-0.2, -0.15) is 0 Å². The number of para-hydroxylation sites is 8. The molecule has 12 rings (SSSR count). The topological polar surface area (TPSA) is 158 Å². The normalized spacial score (nSPS) is 10.2. The number of hydrogen-bond donors (Lipinski definition) is 4. The molecule has 4 N–H and O–H groups in total. The molecule has 0 radical (unpaired) electrons. The van der Waals surface area contributed by atoms with Crippen molar-refractivity contribution < 1.29 is 49.0 Å². The van der Waals surface area contributed by atoms with Gasteiger partial charge in [0, 0.05) is 72.6 Å². The lowest BCUT2D eigenvalue weighted by atomic mass is 10.1. The van der Waals surface area contributed by atoms with Crippen molar-refractivity contribution in [1.29, 1.82) is 0 Å². The average molecular weight is 1320 g/mol. The Balaban J connectivity index is 0.000000242. The van der Waals surface area contributed by atoms with Crippen molar-refractivity contribution in [1.82, 2.24) is 9.80 Å². The van der Waals surface area contributed by atoms with E-state index in [4.69, 9.17) is 24.1 Å². The lowest BCUT2D eigenvalue weighted by molar-refractivity contribution is 0.111. The van der Waals surface area contributed by atoms with Crippen LogP contribution in [0.2, 0.25) is 0 Å². The summed E-state index contributed by atoms with van der Waals surface area (Å²) >= 11 is 0. The number of aromatic hydroxyl groups is 4. The maximum Gasteiger partial charge on any atom is 0.153 e. The molecule has 99 heavy (non-hydrogen) atoms. The first-order valence-electron chi connectivity index (χ1n) is 31.6. The van der Waals surface area contributed by atoms with Gasteiger partial charge in [-0.1, -0.05) is 277 Å². The number of nitrogens with zero attached hydrogens (tertiary/aromatic N) is 2. The zero-order valence-electron chi connectivity index (χ0n) is 53.4. The Hall–Kier alpha value is -11.7. The summed E-state index contributed by atoms with van der Waals surface area (Å²) in [5.41, 5.74) is 11.2. The third-order valence-corrected chi connectivity index (χ3v) is 15.3. The van der Waals surface area contributed by atoms with Gasteiger partial charge in [-0.3, -0.25) is 19.4 Å². The number of phenols is 4. The van der Waals surface area contributed by atoms with Crippen LogP contribution < -0.4 is 18.9 Å². The van der Waals surface area contributed by atoms with Gasteiger partial charge < -0.3 is 39.4 Å². The molecule has 0 amide bonds. The molecule has 12 nitrogen and oxygen atoms in total. The van der Waals surface area contributed by atoms with Gasteiger partial charge >= 0.3 is 0 Å². The highest BCUT2D eigenvalue weighted by atomic mass is 16.5. The molecule has 0 aliphatic rings. The number of phenolic OH excluding ortho intramolecular Hbond substituents is 4. The van der Waals surface area contributed by atoms with Crippen LogP contribution in [0.1, 0.15) is 98.6 Å². The molecule has 0 aromatic heterocycles. The van der Waals surface area contributed by atoms with Gasteiger partial charge in [-0.15, -0.1) is 0 Å². The van der Waals surface area contributed by atoms with E-state index in [-0.39, 0.29) is 45.3 Å². The van der Waals surface area contributed by atoms with Crippen LogP contribution in [0.3, 0.4) is 0 Å². The minimum Gasteiger partial charge on any atom is -0.508 e. The number of benzene rings is 12. The molecule has 12 aromatic carbocycles. The first-order valence-corrected chi connectivity index (χ1v) is 31.6. The minimum atomic E-state index is 0. The largest absolute Gasteiger partial charge is 0.508 e. The third kappa shape index (κ3) is 25.1. The van der Waals surface area contributed by atoms with E-state index in [1.807, 2.05) is 152 Å². The van der Waals surface area contributed by atoms with E-state index >= 15 is 0 Å². The van der Waals surface area contributed by atoms with Crippen LogP contribution in [0.5, 0.6) is 46.0 Å². The molecule has 508 valence electrons. The lowest BCUT2D eigenvalue weighted by Gasteiger charge is -2.26. The van der Waals surface area contributed by atoms with E-state index in [0.717, 1.165) is 79.2 Å². The summed E-state index contributed by atoms with van der Waals surface area (Å²) in [6.07, 6.45) is 1.43. The minimum absolute atomic E-state index is 0. The van der Waals surface area contributed by atoms with Crippen LogP contribution in [0.15, 0.2) is 315 Å². The van der Waals surface area contributed by atoms with Crippen molar-refractivity contribution in [2.24, 2.45) is 0 Å². The summed E-state index contributed by atoms with van der Waals surface area (Å²) in [7, 11) is 0. The highest BCUT2D eigenvalue weighted by Gasteiger charge is 2.18. The van der Waals surface area contributed by atoms with Crippen LogP contribution in [0.25, 0.3) is 0 Å². The predicted octanol–water partition coefficient (Wildman–Crippen LogP) is 19.8. The first kappa shape index (κ1) is 76.3. The second kappa shape index (κ2) is 42.0. The van der Waals surface area contributed by atoms with Gasteiger partial charge in [0.05, 0.1) is 11.1 Å². The van der Waals surface area contributed by atoms with Crippen LogP contribution in [0, 0.1) is 0 Å². The van der Waals surface area contributed by atoms with Crippen molar-refractivity contribution in [3.63, 3.8) is 0 Å². The smallest absolute Gasteiger partial charge is 0.153 e. The first-order chi connectivity index (χ1) is 47.2. The summed E-state index contributed by atoms with van der Waals surface area (Å²) in [5.74, 6) is 4.04. The predicted molar refractivity (Wildman–Crippen MR) is 398 cm³/mol. The number of carbonyl (C=O) groups excluding carboxylic acids is 2. The zero-order valence-corrected chi connectivity index (χ0v) is 53.4. The SMILES string of the molecule is C.C.C.O=Cc1ccccc1O.O=Cc1ccccc1OCc1ccccc1.Oc1ccccc1CN(Cc1ccccc1O)Cc1ccccc1O.c1ccc(COc2ccccc2CN(Cc2ccccc2OCc2ccccc2)Cc2ccccc2OCc2ccccc2)cc1. The van der Waals surface area contributed by atoms with Crippen molar-refractivity contribution in [2.75, 3.05) is 0 Å². The molecule has 12 aromatic rings. The van der Waals surface area contributed by atoms with Gasteiger partial charge in [0.1, 0.15) is 72.4 Å². The summed E-state index contributed by atoms with van der Waals surface area (Å²) in [6.45, 7) is 5.57. The number of aldehydes is 2. The van der Waals surface area contributed by atoms with E-state index < -0.39 is 0 Å². The van der Waals surface area contributed by atoms with Gasteiger partial charge in [0.2, 0.25) is 0 Å². The zero-order chi connectivity index (χ0) is 66.8. The third-order valence-electron chi connectivity index (χ3n) is 15.3. The molecule has 0 unspecified atom stereocenters. The molecule has 0 aliphatic carbocycles. The molecule has 0 saturated heterocycles. The number of carbonyl (C=O) groups is 2. The Morgan fingerprint density at radius 3 is 0.717 bits per heavy atom. The Morgan fingerprint density at radius 2 is 0.444 bits per heavy atom. The second-order valence-electron chi connectivity index (χ2n) is 22.4. The fourth-order valence-electron chi connectivity index (χ4n) is 10.3. The fourth-order valence-corrected chi connectivity index (χ4v) is 10.3. The quantitative estimate of drug-likeness (QED) is 0.0381. The summed E-state index contributed by atoms with van der Waals surface area (Å²) < 4.78 is 24.7. The maximum atomic E-state index is 10.8. The van der Waals surface area contributed by atoms with E-state index in [1.54, 1.807) is 66.7 Å². The monoisotopic (exact) mass is 1320 g/mol. The second-order valence-corrected chi connectivity index (χ2v) is 22.4. The molecule has 0 aliphatic heterocycles. The highest BCUT2D eigenvalue weighted by molar-refractivity contribution is 5.79. The standard InChI is InChI=1S/C42H39NO3.C21H21NO3.C14H12O2.C7H6O2.3CH4/c1-4-16-34(17-5-1)31-44-40-25-13-10-22-37(40)28-43(29-38-23-11-14-26-41(38)45-32-35-18-6-2-7-19-35)30-39-24-12-15-27-42(39)46-33-36-20-8-3-9-21-36;23-19-10-4-1-7-16(19)13-22(14-17-8-2-5-11-20(17)24)15-18-9-3-6-12-21(18)25;15-10-13-8-4-5-9-14(13)16-11-12-6-2-1-3-7-12;8-5-6-3-1-2-4-7(6)9;;;/h1-27H,28-33H2;1-12,23-25H,13-15H2;1-10H,11H2;1-5,9H;3*1H4. The van der Waals surface area contributed by atoms with Crippen molar-refractivity contribution >= 4 is 12.6 Å². The Kier molecular flexibility index (Phi) is 32.4. The number of ether oxygens (including phenoxy) is 4. The molecular weight excluding hydrogens is 1230 g/mol. The van der Waals surface area contributed by atoms with Crippen LogP contribution in [-0.2, 0) is 65.7 Å².